The van der Waals surface area contributed by atoms with Gasteiger partial charge in [-0.15, -0.1) is 0 Å². The fourth-order valence-corrected chi connectivity index (χ4v) is 1.83. The van der Waals surface area contributed by atoms with Gasteiger partial charge in [-0.3, -0.25) is 0 Å². The van der Waals surface area contributed by atoms with E-state index in [-0.39, 0.29) is 5.97 Å². The Balaban J connectivity index is 3.03. The summed E-state index contributed by atoms with van der Waals surface area (Å²) in [6.45, 7) is 1.88. The summed E-state index contributed by atoms with van der Waals surface area (Å²) in [5.41, 5.74) is 0.594. The van der Waals surface area contributed by atoms with Crippen LogP contribution >= 0.6 is 11.6 Å². The standard InChI is InChI=1S/C13H18ClNO4/c1-5-9(13(16)19-4)15-10-7-12(18-3)11(17-2)6-8(10)14/h6-7,9,15H,5H2,1-4H3. The Bertz CT molecular complexity index is 451. The first-order valence-electron chi connectivity index (χ1n) is 5.83. The third-order valence-corrected chi connectivity index (χ3v) is 3.01. The highest BCUT2D eigenvalue weighted by Gasteiger charge is 2.19. The topological polar surface area (TPSA) is 56.8 Å². The Kier molecular flexibility index (Phi) is 5.76. The maximum Gasteiger partial charge on any atom is 0.328 e. The quantitative estimate of drug-likeness (QED) is 0.815. The van der Waals surface area contributed by atoms with Gasteiger partial charge in [0.1, 0.15) is 6.04 Å². The van der Waals surface area contributed by atoms with E-state index < -0.39 is 6.04 Å². The summed E-state index contributed by atoms with van der Waals surface area (Å²) in [7, 11) is 4.42. The Morgan fingerprint density at radius 1 is 1.26 bits per heavy atom. The van der Waals surface area contributed by atoms with Gasteiger partial charge in [0.05, 0.1) is 32.0 Å². The van der Waals surface area contributed by atoms with Crippen LogP contribution in [0, 0.1) is 0 Å². The molecule has 19 heavy (non-hydrogen) atoms. The molecule has 0 fully saturated rings. The van der Waals surface area contributed by atoms with E-state index in [4.69, 9.17) is 25.8 Å². The zero-order chi connectivity index (χ0) is 14.4. The zero-order valence-corrected chi connectivity index (χ0v) is 12.2. The van der Waals surface area contributed by atoms with E-state index in [9.17, 15) is 4.79 Å². The molecule has 5 nitrogen and oxygen atoms in total. The molecular formula is C13H18ClNO4. The third kappa shape index (κ3) is 3.67. The van der Waals surface area contributed by atoms with Crippen molar-refractivity contribution in [2.75, 3.05) is 26.6 Å². The highest BCUT2D eigenvalue weighted by atomic mass is 35.5. The first kappa shape index (κ1) is 15.4. The molecule has 106 valence electrons. The van der Waals surface area contributed by atoms with E-state index >= 15 is 0 Å². The van der Waals surface area contributed by atoms with Gasteiger partial charge in [0, 0.05) is 12.1 Å². The van der Waals surface area contributed by atoms with Crippen LogP contribution in [0.3, 0.4) is 0 Å². The fourth-order valence-electron chi connectivity index (χ4n) is 1.62. The van der Waals surface area contributed by atoms with Gasteiger partial charge >= 0.3 is 5.97 Å². The molecule has 0 saturated heterocycles. The summed E-state index contributed by atoms with van der Waals surface area (Å²) in [5, 5.41) is 3.48. The van der Waals surface area contributed by atoms with Gasteiger partial charge in [-0.1, -0.05) is 18.5 Å². The molecule has 0 spiro atoms. The molecule has 0 bridgehead atoms. The fraction of sp³-hybridized carbons (Fsp3) is 0.462. The highest BCUT2D eigenvalue weighted by molar-refractivity contribution is 6.33. The first-order valence-corrected chi connectivity index (χ1v) is 6.21. The van der Waals surface area contributed by atoms with Crippen LogP contribution in [0.1, 0.15) is 13.3 Å². The largest absolute Gasteiger partial charge is 0.493 e. The molecule has 1 unspecified atom stereocenters. The lowest BCUT2D eigenvalue weighted by Gasteiger charge is -2.18. The second-order valence-corrected chi connectivity index (χ2v) is 4.22. The minimum atomic E-state index is -0.458. The second-order valence-electron chi connectivity index (χ2n) is 3.82. The van der Waals surface area contributed by atoms with Gasteiger partial charge in [0.25, 0.3) is 0 Å². The van der Waals surface area contributed by atoms with Crippen LogP contribution in [0.15, 0.2) is 12.1 Å². The van der Waals surface area contributed by atoms with E-state index in [0.29, 0.717) is 28.6 Å². The lowest BCUT2D eigenvalue weighted by Crippen LogP contribution is -2.29. The van der Waals surface area contributed by atoms with Gasteiger partial charge in [-0.05, 0) is 6.42 Å². The van der Waals surface area contributed by atoms with Gasteiger partial charge in [-0.25, -0.2) is 4.79 Å². The number of anilines is 1. The van der Waals surface area contributed by atoms with Crippen molar-refractivity contribution < 1.29 is 19.0 Å². The summed E-state index contributed by atoms with van der Waals surface area (Å²) in [5.74, 6) is 0.728. The number of nitrogens with one attached hydrogen (secondary N) is 1. The van der Waals surface area contributed by atoms with Crippen molar-refractivity contribution in [3.63, 3.8) is 0 Å². The Morgan fingerprint density at radius 2 is 1.84 bits per heavy atom. The van der Waals surface area contributed by atoms with Gasteiger partial charge in [-0.2, -0.15) is 0 Å². The predicted molar refractivity (Wildman–Crippen MR) is 74.3 cm³/mol. The average molecular weight is 288 g/mol. The number of methoxy groups -OCH3 is 3. The highest BCUT2D eigenvalue weighted by Crippen LogP contribution is 2.36. The van der Waals surface area contributed by atoms with Crippen LogP contribution in [0.5, 0.6) is 11.5 Å². The van der Waals surface area contributed by atoms with Crippen LogP contribution in [0.25, 0.3) is 0 Å². The number of benzene rings is 1. The normalized spacial score (nSPS) is 11.6. The number of rotatable bonds is 6. The minimum Gasteiger partial charge on any atom is -0.493 e. The second kappa shape index (κ2) is 7.09. The molecule has 1 atom stereocenters. The molecule has 1 rings (SSSR count). The molecule has 1 aromatic rings. The molecule has 0 heterocycles. The molecule has 0 aliphatic heterocycles. The van der Waals surface area contributed by atoms with E-state index in [1.807, 2.05) is 6.92 Å². The van der Waals surface area contributed by atoms with Crippen molar-refractivity contribution in [1.29, 1.82) is 0 Å². The molecule has 0 amide bonds. The number of carbonyl (C=O) groups is 1. The zero-order valence-electron chi connectivity index (χ0n) is 11.5. The average Bonchev–Trinajstić information content (AvgIpc) is 2.44. The van der Waals surface area contributed by atoms with Crippen LogP contribution < -0.4 is 14.8 Å². The molecule has 0 aliphatic carbocycles. The molecule has 0 saturated carbocycles. The van der Waals surface area contributed by atoms with Crippen LogP contribution in [0.4, 0.5) is 5.69 Å². The Morgan fingerprint density at radius 3 is 2.32 bits per heavy atom. The third-order valence-electron chi connectivity index (χ3n) is 2.70. The van der Waals surface area contributed by atoms with E-state index in [0.717, 1.165) is 0 Å². The van der Waals surface area contributed by atoms with Gasteiger partial charge in [0.15, 0.2) is 11.5 Å². The summed E-state index contributed by atoms with van der Waals surface area (Å²) in [4.78, 5) is 11.6. The number of ether oxygens (including phenoxy) is 3. The van der Waals surface area contributed by atoms with Crippen LogP contribution in [0.2, 0.25) is 5.02 Å². The predicted octanol–water partition coefficient (Wildman–Crippen LogP) is 2.72. The Hall–Kier alpha value is -1.62. The summed E-state index contributed by atoms with van der Waals surface area (Å²) in [6.07, 6.45) is 0.581. The van der Waals surface area contributed by atoms with Crippen molar-refractivity contribution in [3.05, 3.63) is 17.2 Å². The summed E-state index contributed by atoms with van der Waals surface area (Å²) < 4.78 is 15.1. The minimum absolute atomic E-state index is 0.339. The van der Waals surface area contributed by atoms with Gasteiger partial charge in [0.2, 0.25) is 0 Å². The number of hydrogen-bond acceptors (Lipinski definition) is 5. The molecular weight excluding hydrogens is 270 g/mol. The SMILES string of the molecule is CCC(Nc1cc(OC)c(OC)cc1Cl)C(=O)OC. The number of hydrogen-bond donors (Lipinski definition) is 1. The summed E-state index contributed by atoms with van der Waals surface area (Å²) in [6, 6.07) is 2.86. The van der Waals surface area contributed by atoms with Crippen molar-refractivity contribution >= 4 is 23.3 Å². The van der Waals surface area contributed by atoms with Gasteiger partial charge < -0.3 is 19.5 Å². The molecule has 0 radical (unpaired) electrons. The van der Waals surface area contributed by atoms with Crippen LogP contribution in [-0.2, 0) is 9.53 Å². The number of esters is 1. The maximum absolute atomic E-state index is 11.6. The van der Waals surface area contributed by atoms with Crippen molar-refractivity contribution in [2.45, 2.75) is 19.4 Å². The first-order chi connectivity index (χ1) is 9.07. The molecule has 0 aromatic heterocycles. The number of halogens is 1. The summed E-state index contributed by atoms with van der Waals surface area (Å²) >= 11 is 6.14. The lowest BCUT2D eigenvalue weighted by molar-refractivity contribution is -0.141. The Labute approximate surface area is 117 Å². The molecule has 6 heteroatoms. The van der Waals surface area contributed by atoms with Crippen LogP contribution in [-0.4, -0.2) is 33.3 Å². The smallest absolute Gasteiger partial charge is 0.328 e. The molecule has 1 N–H and O–H groups in total. The van der Waals surface area contributed by atoms with E-state index in [1.54, 1.807) is 12.1 Å². The lowest BCUT2D eigenvalue weighted by atomic mass is 10.2. The van der Waals surface area contributed by atoms with Crippen molar-refractivity contribution in [1.82, 2.24) is 0 Å². The maximum atomic E-state index is 11.6. The molecule has 0 aliphatic rings. The van der Waals surface area contributed by atoms with E-state index in [1.165, 1.54) is 21.3 Å². The van der Waals surface area contributed by atoms with Crippen molar-refractivity contribution in [2.24, 2.45) is 0 Å². The van der Waals surface area contributed by atoms with Crippen molar-refractivity contribution in [3.8, 4) is 11.5 Å². The van der Waals surface area contributed by atoms with E-state index in [2.05, 4.69) is 5.32 Å². The number of carbonyl (C=O) groups excluding carboxylic acids is 1. The monoisotopic (exact) mass is 287 g/mol. The molecule has 1 aromatic carbocycles.